The minimum absolute atomic E-state index is 0.351. The van der Waals surface area contributed by atoms with Gasteiger partial charge in [0.05, 0.1) is 19.8 Å². The first-order valence-electron chi connectivity index (χ1n) is 8.32. The highest BCUT2D eigenvalue weighted by Crippen LogP contribution is 2.22. The Bertz CT molecular complexity index is 615. The molecule has 124 valence electrons. The van der Waals surface area contributed by atoms with Crippen LogP contribution in [0.2, 0.25) is 0 Å². The van der Waals surface area contributed by atoms with Crippen molar-refractivity contribution in [2.75, 3.05) is 20.2 Å². The number of para-hydroxylation sites is 1. The van der Waals surface area contributed by atoms with Gasteiger partial charge >= 0.3 is 0 Å². The van der Waals surface area contributed by atoms with Gasteiger partial charge in [-0.15, -0.1) is 0 Å². The largest absolute Gasteiger partial charge is 0.496 e. The summed E-state index contributed by atoms with van der Waals surface area (Å²) in [7, 11) is 3.82. The SMILES string of the molecule is COc1ccccc1COC1CCN(Cc2cccn2C)CC1. The minimum atomic E-state index is 0.351. The molecule has 0 aliphatic carbocycles. The van der Waals surface area contributed by atoms with E-state index in [0.29, 0.717) is 12.7 Å². The number of piperidine rings is 1. The van der Waals surface area contributed by atoms with E-state index in [1.807, 2.05) is 18.2 Å². The first-order chi connectivity index (χ1) is 11.3. The molecule has 1 aliphatic heterocycles. The number of likely N-dealkylation sites (tertiary alicyclic amines) is 1. The van der Waals surface area contributed by atoms with Crippen LogP contribution in [0.1, 0.15) is 24.1 Å². The topological polar surface area (TPSA) is 26.6 Å². The van der Waals surface area contributed by atoms with Crippen LogP contribution in [0.3, 0.4) is 0 Å². The molecule has 0 saturated carbocycles. The van der Waals surface area contributed by atoms with Crippen molar-refractivity contribution in [1.29, 1.82) is 0 Å². The molecule has 0 amide bonds. The molecule has 1 aromatic carbocycles. The van der Waals surface area contributed by atoms with E-state index in [0.717, 1.165) is 43.8 Å². The van der Waals surface area contributed by atoms with Crippen molar-refractivity contribution in [2.45, 2.75) is 32.1 Å². The van der Waals surface area contributed by atoms with E-state index in [2.05, 4.69) is 40.9 Å². The van der Waals surface area contributed by atoms with Crippen LogP contribution in [0.15, 0.2) is 42.6 Å². The average Bonchev–Trinajstić information content (AvgIpc) is 2.99. The molecule has 2 aromatic rings. The lowest BCUT2D eigenvalue weighted by atomic mass is 10.1. The Hall–Kier alpha value is -1.78. The van der Waals surface area contributed by atoms with Crippen molar-refractivity contribution in [3.63, 3.8) is 0 Å². The lowest BCUT2D eigenvalue weighted by Gasteiger charge is -2.32. The second kappa shape index (κ2) is 7.66. The standard InChI is InChI=1S/C19H26N2O2/c1-20-11-5-7-17(20)14-21-12-9-18(10-13-21)23-15-16-6-3-4-8-19(16)22-2/h3-8,11,18H,9-10,12-15H2,1-2H3. The summed E-state index contributed by atoms with van der Waals surface area (Å²) in [6.07, 6.45) is 4.65. The van der Waals surface area contributed by atoms with Gasteiger partial charge in [-0.3, -0.25) is 4.90 Å². The molecule has 0 spiro atoms. The summed E-state index contributed by atoms with van der Waals surface area (Å²) in [6.45, 7) is 3.86. The Balaban J connectivity index is 1.45. The van der Waals surface area contributed by atoms with Crippen LogP contribution in [0.5, 0.6) is 5.75 Å². The van der Waals surface area contributed by atoms with Crippen molar-refractivity contribution >= 4 is 0 Å². The molecule has 1 aliphatic rings. The summed E-state index contributed by atoms with van der Waals surface area (Å²) in [5.41, 5.74) is 2.50. The molecule has 0 bridgehead atoms. The van der Waals surface area contributed by atoms with Gasteiger partial charge in [0.2, 0.25) is 0 Å². The van der Waals surface area contributed by atoms with Crippen LogP contribution < -0.4 is 4.74 Å². The zero-order valence-corrected chi connectivity index (χ0v) is 14.1. The monoisotopic (exact) mass is 314 g/mol. The van der Waals surface area contributed by atoms with E-state index in [1.54, 1.807) is 7.11 Å². The molecule has 23 heavy (non-hydrogen) atoms. The van der Waals surface area contributed by atoms with Gasteiger partial charge in [0.25, 0.3) is 0 Å². The van der Waals surface area contributed by atoms with Crippen molar-refractivity contribution in [1.82, 2.24) is 9.47 Å². The first kappa shape index (κ1) is 16.1. The number of benzene rings is 1. The van der Waals surface area contributed by atoms with E-state index < -0.39 is 0 Å². The Morgan fingerprint density at radius 2 is 1.87 bits per heavy atom. The molecule has 4 heteroatoms. The van der Waals surface area contributed by atoms with Gasteiger partial charge in [0, 0.05) is 44.1 Å². The van der Waals surface area contributed by atoms with Gasteiger partial charge in [0.15, 0.2) is 0 Å². The molecular weight excluding hydrogens is 288 g/mol. The van der Waals surface area contributed by atoms with Gasteiger partial charge in [-0.1, -0.05) is 18.2 Å². The van der Waals surface area contributed by atoms with Crippen LogP contribution in [-0.2, 0) is 24.9 Å². The predicted octanol–water partition coefficient (Wildman–Crippen LogP) is 3.21. The predicted molar refractivity (Wildman–Crippen MR) is 91.5 cm³/mol. The quantitative estimate of drug-likeness (QED) is 0.819. The van der Waals surface area contributed by atoms with E-state index in [-0.39, 0.29) is 0 Å². The molecule has 0 radical (unpaired) electrons. The van der Waals surface area contributed by atoms with Crippen LogP contribution in [0.4, 0.5) is 0 Å². The molecular formula is C19H26N2O2. The molecule has 0 unspecified atom stereocenters. The molecule has 1 saturated heterocycles. The lowest BCUT2D eigenvalue weighted by Crippen LogP contribution is -2.36. The number of rotatable bonds is 6. The van der Waals surface area contributed by atoms with Crippen LogP contribution in [0, 0.1) is 0 Å². The normalized spacial score (nSPS) is 16.6. The zero-order valence-electron chi connectivity index (χ0n) is 14.1. The highest BCUT2D eigenvalue weighted by atomic mass is 16.5. The van der Waals surface area contributed by atoms with E-state index in [4.69, 9.17) is 9.47 Å². The number of nitrogens with zero attached hydrogens (tertiary/aromatic N) is 2. The molecule has 1 fully saturated rings. The van der Waals surface area contributed by atoms with Gasteiger partial charge in [-0.25, -0.2) is 0 Å². The smallest absolute Gasteiger partial charge is 0.124 e. The first-order valence-corrected chi connectivity index (χ1v) is 8.32. The Morgan fingerprint density at radius 3 is 2.57 bits per heavy atom. The van der Waals surface area contributed by atoms with E-state index in [1.165, 1.54) is 5.69 Å². The number of aromatic nitrogens is 1. The molecule has 1 aromatic heterocycles. The van der Waals surface area contributed by atoms with E-state index in [9.17, 15) is 0 Å². The Labute approximate surface area is 138 Å². The Morgan fingerprint density at radius 1 is 1.09 bits per heavy atom. The number of hydrogen-bond donors (Lipinski definition) is 0. The van der Waals surface area contributed by atoms with Crippen molar-refractivity contribution < 1.29 is 9.47 Å². The van der Waals surface area contributed by atoms with Crippen LogP contribution in [-0.4, -0.2) is 35.8 Å². The third kappa shape index (κ3) is 4.15. The number of hydrogen-bond acceptors (Lipinski definition) is 3. The molecule has 0 N–H and O–H groups in total. The summed E-state index contributed by atoms with van der Waals surface area (Å²) >= 11 is 0. The average molecular weight is 314 g/mol. The van der Waals surface area contributed by atoms with Gasteiger partial charge in [-0.05, 0) is 31.0 Å². The maximum absolute atomic E-state index is 6.11. The van der Waals surface area contributed by atoms with Crippen molar-refractivity contribution in [3.8, 4) is 5.75 Å². The summed E-state index contributed by atoms with van der Waals surface area (Å²) in [6, 6.07) is 12.4. The third-order valence-electron chi connectivity index (χ3n) is 4.64. The van der Waals surface area contributed by atoms with Crippen molar-refractivity contribution in [3.05, 3.63) is 53.9 Å². The van der Waals surface area contributed by atoms with Crippen molar-refractivity contribution in [2.24, 2.45) is 7.05 Å². The maximum Gasteiger partial charge on any atom is 0.124 e. The zero-order chi connectivity index (χ0) is 16.1. The third-order valence-corrected chi connectivity index (χ3v) is 4.64. The fourth-order valence-corrected chi connectivity index (χ4v) is 3.15. The van der Waals surface area contributed by atoms with E-state index >= 15 is 0 Å². The lowest BCUT2D eigenvalue weighted by molar-refractivity contribution is -0.00488. The summed E-state index contributed by atoms with van der Waals surface area (Å²) in [4.78, 5) is 2.51. The van der Waals surface area contributed by atoms with Gasteiger partial charge in [0.1, 0.15) is 5.75 Å². The molecule has 2 heterocycles. The van der Waals surface area contributed by atoms with Crippen LogP contribution >= 0.6 is 0 Å². The number of methoxy groups -OCH3 is 1. The highest BCUT2D eigenvalue weighted by molar-refractivity contribution is 5.32. The molecule has 0 atom stereocenters. The summed E-state index contributed by atoms with van der Waals surface area (Å²) < 4.78 is 13.7. The second-order valence-corrected chi connectivity index (χ2v) is 6.21. The number of aryl methyl sites for hydroxylation is 1. The highest BCUT2D eigenvalue weighted by Gasteiger charge is 2.20. The minimum Gasteiger partial charge on any atom is -0.496 e. The van der Waals surface area contributed by atoms with Gasteiger partial charge < -0.3 is 14.0 Å². The maximum atomic E-state index is 6.11. The molecule has 4 nitrogen and oxygen atoms in total. The number of ether oxygens (including phenoxy) is 2. The van der Waals surface area contributed by atoms with Crippen LogP contribution in [0.25, 0.3) is 0 Å². The summed E-state index contributed by atoms with van der Waals surface area (Å²) in [5.74, 6) is 0.911. The summed E-state index contributed by atoms with van der Waals surface area (Å²) in [5, 5.41) is 0. The fourth-order valence-electron chi connectivity index (χ4n) is 3.15. The second-order valence-electron chi connectivity index (χ2n) is 6.21. The Kier molecular flexibility index (Phi) is 5.36. The molecule has 3 rings (SSSR count). The fraction of sp³-hybridized carbons (Fsp3) is 0.474. The van der Waals surface area contributed by atoms with Gasteiger partial charge in [-0.2, -0.15) is 0 Å².